The number of benzene rings is 2. The molecule has 31 heavy (non-hydrogen) atoms. The zero-order chi connectivity index (χ0) is 22.0. The maximum absolute atomic E-state index is 13.0. The molecule has 2 aromatic heterocycles. The Labute approximate surface area is 184 Å². The van der Waals surface area contributed by atoms with Crippen LogP contribution in [-0.2, 0) is 13.6 Å². The molecular weight excluding hydrogens is 414 g/mol. The summed E-state index contributed by atoms with van der Waals surface area (Å²) in [6.45, 7) is 0.234. The lowest BCUT2D eigenvalue weighted by molar-refractivity contribution is 0.0947. The van der Waals surface area contributed by atoms with Crippen molar-refractivity contribution in [3.05, 3.63) is 82.8 Å². The quantitative estimate of drug-likeness (QED) is 0.503. The summed E-state index contributed by atoms with van der Waals surface area (Å²) in [4.78, 5) is 29.2. The van der Waals surface area contributed by atoms with E-state index in [1.807, 2.05) is 25.4 Å². The standard InChI is InChI=1S/C23H20ClN5O2/c1-25-22(30)14-6-7-15(20(24)9-14)10-27-23(31)18-4-3-5-21-19(18)8-16(11-26-21)17-12-28-29(2)13-17/h3-9,11-13H,10H2,1-2H3,(H,25,30)(H,27,31). The minimum Gasteiger partial charge on any atom is -0.355 e. The number of halogens is 1. The summed E-state index contributed by atoms with van der Waals surface area (Å²) in [5.41, 5.74) is 4.24. The largest absolute Gasteiger partial charge is 0.355 e. The highest BCUT2D eigenvalue weighted by atomic mass is 35.5. The maximum atomic E-state index is 13.0. The van der Waals surface area contributed by atoms with Crippen LogP contribution in [0, 0.1) is 0 Å². The van der Waals surface area contributed by atoms with Crippen LogP contribution in [0.5, 0.6) is 0 Å². The number of rotatable bonds is 5. The van der Waals surface area contributed by atoms with E-state index in [0.29, 0.717) is 16.1 Å². The predicted octanol–water partition coefficient (Wildman–Crippen LogP) is 3.58. The smallest absolute Gasteiger partial charge is 0.252 e. The van der Waals surface area contributed by atoms with Crippen LogP contribution in [0.15, 0.2) is 61.1 Å². The molecule has 0 atom stereocenters. The Morgan fingerprint density at radius 2 is 1.90 bits per heavy atom. The molecule has 0 bridgehead atoms. The number of fused-ring (bicyclic) bond motifs is 1. The molecule has 2 amide bonds. The highest BCUT2D eigenvalue weighted by molar-refractivity contribution is 6.31. The van der Waals surface area contributed by atoms with Crippen molar-refractivity contribution in [3.8, 4) is 11.1 Å². The number of carbonyl (C=O) groups is 2. The van der Waals surface area contributed by atoms with Crippen molar-refractivity contribution < 1.29 is 9.59 Å². The Bertz CT molecular complexity index is 1300. The van der Waals surface area contributed by atoms with Crippen LogP contribution in [0.25, 0.3) is 22.0 Å². The molecule has 2 N–H and O–H groups in total. The molecule has 8 heteroatoms. The minimum atomic E-state index is -0.234. The SMILES string of the molecule is CNC(=O)c1ccc(CNC(=O)c2cccc3ncc(-c4cnn(C)c4)cc23)c(Cl)c1. The van der Waals surface area contributed by atoms with E-state index in [1.54, 1.807) is 54.5 Å². The third-order valence-corrected chi connectivity index (χ3v) is 5.34. The molecule has 4 rings (SSSR count). The molecule has 0 saturated carbocycles. The number of hydrogen-bond donors (Lipinski definition) is 2. The first-order chi connectivity index (χ1) is 15.0. The molecule has 0 spiro atoms. The van der Waals surface area contributed by atoms with Crippen LogP contribution in [-0.4, -0.2) is 33.6 Å². The van der Waals surface area contributed by atoms with Crippen LogP contribution in [0.2, 0.25) is 5.02 Å². The molecule has 4 aromatic rings. The Kier molecular flexibility index (Phi) is 5.68. The van der Waals surface area contributed by atoms with Gasteiger partial charge in [0.05, 0.1) is 11.7 Å². The molecule has 0 aliphatic rings. The van der Waals surface area contributed by atoms with Gasteiger partial charge in [0.2, 0.25) is 0 Å². The molecule has 0 aliphatic carbocycles. The summed E-state index contributed by atoms with van der Waals surface area (Å²) in [7, 11) is 3.41. The molecular formula is C23H20ClN5O2. The molecule has 0 radical (unpaired) electrons. The van der Waals surface area contributed by atoms with Gasteiger partial charge in [0.25, 0.3) is 11.8 Å². The molecule has 0 aliphatic heterocycles. The Morgan fingerprint density at radius 1 is 1.06 bits per heavy atom. The van der Waals surface area contributed by atoms with Gasteiger partial charge in [-0.05, 0) is 35.9 Å². The van der Waals surface area contributed by atoms with Crippen LogP contribution < -0.4 is 10.6 Å². The van der Waals surface area contributed by atoms with Crippen LogP contribution in [0.3, 0.4) is 0 Å². The van der Waals surface area contributed by atoms with Gasteiger partial charge in [-0.15, -0.1) is 0 Å². The van der Waals surface area contributed by atoms with Gasteiger partial charge in [-0.25, -0.2) is 0 Å². The van der Waals surface area contributed by atoms with Gasteiger partial charge < -0.3 is 10.6 Å². The number of carbonyl (C=O) groups excluding carboxylic acids is 2. The van der Waals surface area contributed by atoms with Crippen molar-refractivity contribution >= 4 is 34.3 Å². The lowest BCUT2D eigenvalue weighted by Crippen LogP contribution is -2.23. The highest BCUT2D eigenvalue weighted by Crippen LogP contribution is 2.25. The average Bonchev–Trinajstić information content (AvgIpc) is 3.23. The van der Waals surface area contributed by atoms with E-state index in [9.17, 15) is 9.59 Å². The third-order valence-electron chi connectivity index (χ3n) is 4.99. The van der Waals surface area contributed by atoms with Gasteiger partial charge in [-0.3, -0.25) is 19.3 Å². The molecule has 0 fully saturated rings. The summed E-state index contributed by atoms with van der Waals surface area (Å²) in [6.07, 6.45) is 5.43. The Balaban J connectivity index is 1.58. The Hall–Kier alpha value is -3.71. The normalized spacial score (nSPS) is 10.8. The van der Waals surface area contributed by atoms with E-state index in [0.717, 1.165) is 27.6 Å². The van der Waals surface area contributed by atoms with Gasteiger partial charge in [-0.2, -0.15) is 5.10 Å². The van der Waals surface area contributed by atoms with Crippen molar-refractivity contribution in [2.75, 3.05) is 7.05 Å². The number of amides is 2. The van der Waals surface area contributed by atoms with E-state index in [-0.39, 0.29) is 18.4 Å². The first kappa shape index (κ1) is 20.6. The van der Waals surface area contributed by atoms with Gasteiger partial charge in [0, 0.05) is 65.7 Å². The topological polar surface area (TPSA) is 88.9 Å². The first-order valence-corrected chi connectivity index (χ1v) is 10.0. The van der Waals surface area contributed by atoms with E-state index < -0.39 is 0 Å². The fourth-order valence-corrected chi connectivity index (χ4v) is 3.57. The highest BCUT2D eigenvalue weighted by Gasteiger charge is 2.13. The summed E-state index contributed by atoms with van der Waals surface area (Å²) in [5.74, 6) is -0.452. The average molecular weight is 434 g/mol. The van der Waals surface area contributed by atoms with E-state index in [1.165, 1.54) is 0 Å². The number of nitrogens with zero attached hydrogens (tertiary/aromatic N) is 3. The minimum absolute atomic E-state index is 0.217. The monoisotopic (exact) mass is 433 g/mol. The van der Waals surface area contributed by atoms with Gasteiger partial charge >= 0.3 is 0 Å². The number of aryl methyl sites for hydroxylation is 1. The second-order valence-electron chi connectivity index (χ2n) is 7.07. The van der Waals surface area contributed by atoms with Gasteiger partial charge in [0.15, 0.2) is 0 Å². The molecule has 0 saturated heterocycles. The van der Waals surface area contributed by atoms with Crippen LogP contribution in [0.4, 0.5) is 0 Å². The van der Waals surface area contributed by atoms with Crippen molar-refractivity contribution in [1.29, 1.82) is 0 Å². The fourth-order valence-electron chi connectivity index (χ4n) is 3.32. The van der Waals surface area contributed by atoms with Crippen LogP contribution in [0.1, 0.15) is 26.3 Å². The predicted molar refractivity (Wildman–Crippen MR) is 120 cm³/mol. The third kappa shape index (κ3) is 4.27. The number of nitrogens with one attached hydrogen (secondary N) is 2. The van der Waals surface area contributed by atoms with Crippen molar-refractivity contribution in [1.82, 2.24) is 25.4 Å². The second kappa shape index (κ2) is 8.57. The summed E-state index contributed by atoms with van der Waals surface area (Å²) in [5, 5.41) is 10.8. The molecule has 2 aromatic carbocycles. The van der Waals surface area contributed by atoms with E-state index >= 15 is 0 Å². The number of hydrogen-bond acceptors (Lipinski definition) is 4. The molecule has 2 heterocycles. The zero-order valence-corrected chi connectivity index (χ0v) is 17.8. The van der Waals surface area contributed by atoms with Gasteiger partial charge in [-0.1, -0.05) is 23.7 Å². The summed E-state index contributed by atoms with van der Waals surface area (Å²) in [6, 6.07) is 12.4. The number of pyridine rings is 1. The lowest BCUT2D eigenvalue weighted by atomic mass is 10.0. The van der Waals surface area contributed by atoms with Crippen molar-refractivity contribution in [3.63, 3.8) is 0 Å². The van der Waals surface area contributed by atoms with Crippen molar-refractivity contribution in [2.24, 2.45) is 7.05 Å². The molecule has 0 unspecified atom stereocenters. The first-order valence-electron chi connectivity index (χ1n) is 9.63. The van der Waals surface area contributed by atoms with E-state index in [4.69, 9.17) is 11.6 Å². The molecule has 156 valence electrons. The van der Waals surface area contributed by atoms with E-state index in [2.05, 4.69) is 20.7 Å². The van der Waals surface area contributed by atoms with Crippen molar-refractivity contribution in [2.45, 2.75) is 6.54 Å². The van der Waals surface area contributed by atoms with Gasteiger partial charge in [0.1, 0.15) is 0 Å². The second-order valence-corrected chi connectivity index (χ2v) is 7.47. The fraction of sp³-hybridized carbons (Fsp3) is 0.130. The maximum Gasteiger partial charge on any atom is 0.252 e. The zero-order valence-electron chi connectivity index (χ0n) is 17.0. The number of aromatic nitrogens is 3. The Morgan fingerprint density at radius 3 is 2.61 bits per heavy atom. The lowest BCUT2D eigenvalue weighted by Gasteiger charge is -2.11. The summed E-state index contributed by atoms with van der Waals surface area (Å²) >= 11 is 6.30. The molecule has 7 nitrogen and oxygen atoms in total. The summed E-state index contributed by atoms with van der Waals surface area (Å²) < 4.78 is 1.72. The van der Waals surface area contributed by atoms with Crippen LogP contribution >= 0.6 is 11.6 Å².